The molecule has 1 aromatic heterocycles. The van der Waals surface area contributed by atoms with E-state index in [1.807, 2.05) is 11.4 Å². The van der Waals surface area contributed by atoms with Crippen LogP contribution in [0.1, 0.15) is 0 Å². The smallest absolute Gasteiger partial charge is 0.237 e. The lowest BCUT2D eigenvalue weighted by Crippen LogP contribution is -2.19. The van der Waals surface area contributed by atoms with Crippen molar-refractivity contribution in [2.24, 2.45) is 0 Å². The summed E-state index contributed by atoms with van der Waals surface area (Å²) in [4.78, 5) is 11.7. The van der Waals surface area contributed by atoms with Crippen molar-refractivity contribution in [1.29, 1.82) is 0 Å². The molecule has 0 saturated heterocycles. The van der Waals surface area contributed by atoms with E-state index in [1.165, 1.54) is 11.3 Å². The van der Waals surface area contributed by atoms with Gasteiger partial charge in [0.05, 0.1) is 15.0 Å². The molecule has 0 aliphatic rings. The number of hydrogen-bond acceptors (Lipinski definition) is 4. The lowest BCUT2D eigenvalue weighted by Gasteiger charge is -2.04. The van der Waals surface area contributed by atoms with Crippen LogP contribution in [0.25, 0.3) is 0 Å². The van der Waals surface area contributed by atoms with Gasteiger partial charge >= 0.3 is 0 Å². The number of nitrogen functional groups attached to an aromatic ring is 1. The first kappa shape index (κ1) is 12.8. The maximum absolute atomic E-state index is 11.8. The van der Waals surface area contributed by atoms with E-state index < -0.39 is 10.8 Å². The molecule has 4 nitrogen and oxygen atoms in total. The number of benzene rings is 1. The highest BCUT2D eigenvalue weighted by Gasteiger charge is 2.11. The summed E-state index contributed by atoms with van der Waals surface area (Å²) in [5.74, 6) is -0.309. The van der Waals surface area contributed by atoms with Crippen LogP contribution in [0.5, 0.6) is 0 Å². The fourth-order valence-electron chi connectivity index (χ4n) is 1.35. The molecule has 0 saturated carbocycles. The summed E-state index contributed by atoms with van der Waals surface area (Å²) in [7, 11) is -1.28. The van der Waals surface area contributed by atoms with Gasteiger partial charge in [0.2, 0.25) is 5.91 Å². The molecule has 1 unspecified atom stereocenters. The summed E-state index contributed by atoms with van der Waals surface area (Å²) in [5.41, 5.74) is 6.83. The van der Waals surface area contributed by atoms with Gasteiger partial charge in [-0.25, -0.2) is 0 Å². The molecule has 6 heteroatoms. The molecule has 1 aromatic carbocycles. The molecule has 1 amide bonds. The Morgan fingerprint density at radius 2 is 2.00 bits per heavy atom. The molecule has 2 rings (SSSR count). The Morgan fingerprint density at radius 1 is 1.28 bits per heavy atom. The third-order valence-electron chi connectivity index (χ3n) is 2.18. The summed E-state index contributed by atoms with van der Waals surface area (Å²) in [6.45, 7) is 0. The van der Waals surface area contributed by atoms with Gasteiger partial charge in [-0.15, -0.1) is 11.3 Å². The predicted octanol–water partition coefficient (Wildman–Crippen LogP) is 2.08. The second-order valence-electron chi connectivity index (χ2n) is 3.59. The zero-order valence-corrected chi connectivity index (χ0v) is 11.1. The predicted molar refractivity (Wildman–Crippen MR) is 75.1 cm³/mol. The van der Waals surface area contributed by atoms with Gasteiger partial charge in [-0.3, -0.25) is 9.00 Å². The number of anilines is 2. The number of carbonyl (C=O) groups is 1. The second-order valence-corrected chi connectivity index (χ2v) is 6.22. The molecule has 0 fully saturated rings. The standard InChI is InChI=1S/C12H12N2O2S2/c13-9-3-5-10(6-4-9)14-11(15)8-18(16)12-2-1-7-17-12/h1-7H,8,13H2,(H,14,15). The van der Waals surface area contributed by atoms with Gasteiger partial charge in [0, 0.05) is 11.4 Å². The first-order chi connectivity index (χ1) is 8.65. The van der Waals surface area contributed by atoms with Crippen molar-refractivity contribution in [2.75, 3.05) is 16.8 Å². The van der Waals surface area contributed by atoms with E-state index in [1.54, 1.807) is 30.3 Å². The number of nitrogens with one attached hydrogen (secondary N) is 1. The monoisotopic (exact) mass is 280 g/mol. The molecule has 0 spiro atoms. The van der Waals surface area contributed by atoms with Gasteiger partial charge in [0.15, 0.2) is 0 Å². The first-order valence-electron chi connectivity index (χ1n) is 5.22. The van der Waals surface area contributed by atoms with Gasteiger partial charge in [0.1, 0.15) is 5.75 Å². The molecular formula is C12H12N2O2S2. The minimum absolute atomic E-state index is 0.0368. The van der Waals surface area contributed by atoms with Crippen molar-refractivity contribution in [3.63, 3.8) is 0 Å². The average molecular weight is 280 g/mol. The number of hydrogen-bond donors (Lipinski definition) is 2. The summed E-state index contributed by atoms with van der Waals surface area (Å²) in [5, 5.41) is 4.52. The zero-order valence-electron chi connectivity index (χ0n) is 9.46. The Kier molecular flexibility index (Phi) is 4.11. The van der Waals surface area contributed by atoms with Crippen LogP contribution in [-0.2, 0) is 15.6 Å². The summed E-state index contributed by atoms with van der Waals surface area (Å²) in [6, 6.07) is 10.4. The van der Waals surface area contributed by atoms with Gasteiger partial charge in [-0.05, 0) is 35.7 Å². The van der Waals surface area contributed by atoms with Gasteiger partial charge < -0.3 is 11.1 Å². The highest BCUT2D eigenvalue weighted by atomic mass is 32.2. The quantitative estimate of drug-likeness (QED) is 0.842. The number of rotatable bonds is 4. The van der Waals surface area contributed by atoms with Gasteiger partial charge in [-0.2, -0.15) is 0 Å². The van der Waals surface area contributed by atoms with Crippen LogP contribution < -0.4 is 11.1 Å². The molecule has 94 valence electrons. The molecule has 0 radical (unpaired) electrons. The SMILES string of the molecule is Nc1ccc(NC(=O)CS(=O)c2cccs2)cc1. The molecule has 0 aliphatic carbocycles. The highest BCUT2D eigenvalue weighted by Crippen LogP contribution is 2.15. The van der Waals surface area contributed by atoms with Gasteiger partial charge in [-0.1, -0.05) is 6.07 Å². The third kappa shape index (κ3) is 3.41. The number of carbonyl (C=O) groups excluding carboxylic acids is 1. The van der Waals surface area contributed by atoms with Crippen LogP contribution >= 0.6 is 11.3 Å². The molecular weight excluding hydrogens is 268 g/mol. The Labute approximate surface area is 111 Å². The number of nitrogens with two attached hydrogens (primary N) is 1. The summed E-state index contributed by atoms with van der Waals surface area (Å²) >= 11 is 1.38. The Bertz CT molecular complexity index is 550. The van der Waals surface area contributed by atoms with Crippen LogP contribution in [0.2, 0.25) is 0 Å². The lowest BCUT2D eigenvalue weighted by molar-refractivity contribution is -0.113. The van der Waals surface area contributed by atoms with E-state index in [4.69, 9.17) is 5.73 Å². The largest absolute Gasteiger partial charge is 0.399 e. The molecule has 2 aromatic rings. The second kappa shape index (κ2) is 5.79. The van der Waals surface area contributed by atoms with E-state index in [2.05, 4.69) is 5.32 Å². The molecule has 18 heavy (non-hydrogen) atoms. The van der Waals surface area contributed by atoms with Crippen molar-refractivity contribution in [1.82, 2.24) is 0 Å². The van der Waals surface area contributed by atoms with E-state index >= 15 is 0 Å². The van der Waals surface area contributed by atoms with Crippen molar-refractivity contribution < 1.29 is 9.00 Å². The van der Waals surface area contributed by atoms with Gasteiger partial charge in [0.25, 0.3) is 0 Å². The number of amides is 1. The minimum atomic E-state index is -1.28. The van der Waals surface area contributed by atoms with E-state index in [-0.39, 0.29) is 11.7 Å². The van der Waals surface area contributed by atoms with Crippen LogP contribution in [0.15, 0.2) is 46.0 Å². The fraction of sp³-hybridized carbons (Fsp3) is 0.0833. The first-order valence-corrected chi connectivity index (χ1v) is 7.42. The minimum Gasteiger partial charge on any atom is -0.399 e. The average Bonchev–Trinajstić information content (AvgIpc) is 2.85. The van der Waals surface area contributed by atoms with Crippen LogP contribution in [0.4, 0.5) is 11.4 Å². The Morgan fingerprint density at radius 3 is 2.61 bits per heavy atom. The maximum Gasteiger partial charge on any atom is 0.237 e. The Balaban J connectivity index is 1.93. The number of thiophene rings is 1. The lowest BCUT2D eigenvalue weighted by atomic mass is 10.3. The third-order valence-corrected chi connectivity index (χ3v) is 4.79. The molecule has 1 heterocycles. The molecule has 1 atom stereocenters. The van der Waals surface area contributed by atoms with E-state index in [9.17, 15) is 9.00 Å². The van der Waals surface area contributed by atoms with E-state index in [0.29, 0.717) is 15.6 Å². The van der Waals surface area contributed by atoms with Crippen molar-refractivity contribution in [3.05, 3.63) is 41.8 Å². The van der Waals surface area contributed by atoms with Crippen LogP contribution in [0.3, 0.4) is 0 Å². The van der Waals surface area contributed by atoms with Crippen molar-refractivity contribution >= 4 is 39.4 Å². The van der Waals surface area contributed by atoms with Crippen molar-refractivity contribution in [3.8, 4) is 0 Å². The Hall–Kier alpha value is -1.66. The molecule has 0 aliphatic heterocycles. The van der Waals surface area contributed by atoms with E-state index in [0.717, 1.165) is 0 Å². The topological polar surface area (TPSA) is 72.2 Å². The highest BCUT2D eigenvalue weighted by molar-refractivity contribution is 7.88. The molecule has 3 N–H and O–H groups in total. The van der Waals surface area contributed by atoms with Crippen molar-refractivity contribution in [2.45, 2.75) is 4.21 Å². The maximum atomic E-state index is 11.8. The van der Waals surface area contributed by atoms with Crippen LogP contribution in [-0.4, -0.2) is 15.9 Å². The zero-order chi connectivity index (χ0) is 13.0. The summed E-state index contributed by atoms with van der Waals surface area (Å²) in [6.07, 6.45) is 0. The normalized spacial score (nSPS) is 12.0. The van der Waals surface area contributed by atoms with Crippen LogP contribution in [0, 0.1) is 0 Å². The fourth-order valence-corrected chi connectivity index (χ4v) is 3.25. The summed E-state index contributed by atoms with van der Waals surface area (Å²) < 4.78 is 12.5. The molecule has 0 bridgehead atoms.